The highest BCUT2D eigenvalue weighted by Crippen LogP contribution is 2.10. The standard InChI is InChI=1S/C9H17F3O3S/c1-2-3-4-5-15-16(13,14)7-9(12)8(11)6-10/h8-9H,2-7H2,1H3. The highest BCUT2D eigenvalue weighted by molar-refractivity contribution is 7.86. The summed E-state index contributed by atoms with van der Waals surface area (Å²) in [5.41, 5.74) is 0. The van der Waals surface area contributed by atoms with E-state index in [1.807, 2.05) is 6.92 Å². The number of alkyl halides is 3. The van der Waals surface area contributed by atoms with Gasteiger partial charge in [-0.2, -0.15) is 8.42 Å². The quantitative estimate of drug-likeness (QED) is 0.472. The predicted molar refractivity (Wildman–Crippen MR) is 55.0 cm³/mol. The van der Waals surface area contributed by atoms with Gasteiger partial charge in [-0.1, -0.05) is 19.8 Å². The fourth-order valence-corrected chi connectivity index (χ4v) is 2.05. The van der Waals surface area contributed by atoms with Crippen LogP contribution < -0.4 is 0 Å². The molecule has 0 aliphatic rings. The molecule has 0 saturated heterocycles. The van der Waals surface area contributed by atoms with Crippen LogP contribution in [0.4, 0.5) is 13.2 Å². The van der Waals surface area contributed by atoms with Gasteiger partial charge in [0.2, 0.25) is 0 Å². The number of hydrogen-bond donors (Lipinski definition) is 0. The second-order valence-corrected chi connectivity index (χ2v) is 5.12. The van der Waals surface area contributed by atoms with Crippen LogP contribution in [0.5, 0.6) is 0 Å². The lowest BCUT2D eigenvalue weighted by atomic mass is 10.3. The Balaban J connectivity index is 3.95. The van der Waals surface area contributed by atoms with Crippen LogP contribution in [0.1, 0.15) is 26.2 Å². The summed E-state index contributed by atoms with van der Waals surface area (Å²) in [4.78, 5) is 0. The van der Waals surface area contributed by atoms with Crippen molar-refractivity contribution >= 4 is 10.1 Å². The van der Waals surface area contributed by atoms with E-state index in [4.69, 9.17) is 0 Å². The van der Waals surface area contributed by atoms with Crippen molar-refractivity contribution in [3.63, 3.8) is 0 Å². The largest absolute Gasteiger partial charge is 0.270 e. The van der Waals surface area contributed by atoms with E-state index in [2.05, 4.69) is 4.18 Å². The van der Waals surface area contributed by atoms with E-state index < -0.39 is 34.9 Å². The summed E-state index contributed by atoms with van der Waals surface area (Å²) in [7, 11) is -4.10. The average molecular weight is 262 g/mol. The third kappa shape index (κ3) is 7.05. The Morgan fingerprint density at radius 3 is 2.31 bits per heavy atom. The smallest absolute Gasteiger partial charge is 0.270 e. The van der Waals surface area contributed by atoms with Crippen LogP contribution in [0.25, 0.3) is 0 Å². The zero-order chi connectivity index (χ0) is 12.6. The first kappa shape index (κ1) is 15.7. The van der Waals surface area contributed by atoms with Gasteiger partial charge in [-0.25, -0.2) is 13.2 Å². The molecule has 0 amide bonds. The van der Waals surface area contributed by atoms with Gasteiger partial charge in [-0.3, -0.25) is 4.18 Å². The highest BCUT2D eigenvalue weighted by Gasteiger charge is 2.27. The molecule has 0 aliphatic heterocycles. The van der Waals surface area contributed by atoms with Gasteiger partial charge in [0.05, 0.1) is 6.61 Å². The summed E-state index contributed by atoms with van der Waals surface area (Å²) >= 11 is 0. The Morgan fingerprint density at radius 1 is 1.19 bits per heavy atom. The summed E-state index contributed by atoms with van der Waals surface area (Å²) in [6, 6.07) is 0. The van der Waals surface area contributed by atoms with Crippen molar-refractivity contribution in [2.45, 2.75) is 38.5 Å². The lowest BCUT2D eigenvalue weighted by Crippen LogP contribution is -2.29. The molecule has 0 aromatic rings. The van der Waals surface area contributed by atoms with Crippen molar-refractivity contribution in [3.8, 4) is 0 Å². The predicted octanol–water partition coefficient (Wildman–Crippen LogP) is 2.17. The van der Waals surface area contributed by atoms with Gasteiger partial charge in [0.15, 0.2) is 6.17 Å². The SMILES string of the molecule is CCCCCOS(=O)(=O)CC(F)C(F)CF. The molecule has 0 rings (SSSR count). The van der Waals surface area contributed by atoms with Crippen LogP contribution in [0, 0.1) is 0 Å². The fraction of sp³-hybridized carbons (Fsp3) is 1.00. The zero-order valence-corrected chi connectivity index (χ0v) is 9.98. The molecule has 3 nitrogen and oxygen atoms in total. The maximum atomic E-state index is 12.8. The highest BCUT2D eigenvalue weighted by atomic mass is 32.2. The molecule has 0 fully saturated rings. The maximum absolute atomic E-state index is 12.8. The minimum atomic E-state index is -4.10. The first-order valence-electron chi connectivity index (χ1n) is 5.14. The Labute approximate surface area is 94.1 Å². The molecular formula is C9H17F3O3S. The van der Waals surface area contributed by atoms with Gasteiger partial charge in [0.1, 0.15) is 18.6 Å². The number of halogens is 3. The van der Waals surface area contributed by atoms with Crippen LogP contribution in [0.3, 0.4) is 0 Å². The summed E-state index contributed by atoms with van der Waals surface area (Å²) in [5, 5.41) is 0. The minimum absolute atomic E-state index is 0.0462. The van der Waals surface area contributed by atoms with Gasteiger partial charge in [-0.05, 0) is 6.42 Å². The number of rotatable bonds is 9. The topological polar surface area (TPSA) is 43.4 Å². The van der Waals surface area contributed by atoms with Crippen LogP contribution in [0.2, 0.25) is 0 Å². The van der Waals surface area contributed by atoms with Crippen LogP contribution in [-0.2, 0) is 14.3 Å². The van der Waals surface area contributed by atoms with E-state index in [0.717, 1.165) is 12.8 Å². The van der Waals surface area contributed by atoms with Crippen LogP contribution >= 0.6 is 0 Å². The summed E-state index contributed by atoms with van der Waals surface area (Å²) < 4.78 is 63.5. The fourth-order valence-electron chi connectivity index (χ4n) is 0.982. The normalized spacial score (nSPS) is 16.0. The van der Waals surface area contributed by atoms with Gasteiger partial charge >= 0.3 is 0 Å². The zero-order valence-electron chi connectivity index (χ0n) is 9.16. The lowest BCUT2D eigenvalue weighted by molar-refractivity contribution is 0.149. The summed E-state index contributed by atoms with van der Waals surface area (Å²) in [6.07, 6.45) is -2.56. The van der Waals surface area contributed by atoms with Crippen LogP contribution in [-0.4, -0.2) is 39.8 Å². The van der Waals surface area contributed by atoms with Gasteiger partial charge in [0, 0.05) is 0 Å². The van der Waals surface area contributed by atoms with Crippen molar-refractivity contribution in [1.29, 1.82) is 0 Å². The molecule has 0 aliphatic carbocycles. The molecular weight excluding hydrogens is 245 g/mol. The molecule has 16 heavy (non-hydrogen) atoms. The lowest BCUT2D eigenvalue weighted by Gasteiger charge is -2.10. The van der Waals surface area contributed by atoms with E-state index in [9.17, 15) is 21.6 Å². The Kier molecular flexibility index (Phi) is 7.74. The average Bonchev–Trinajstić information content (AvgIpc) is 2.22. The van der Waals surface area contributed by atoms with Crippen molar-refractivity contribution in [1.82, 2.24) is 0 Å². The van der Waals surface area contributed by atoms with Crippen molar-refractivity contribution < 1.29 is 25.8 Å². The minimum Gasteiger partial charge on any atom is -0.270 e. The molecule has 0 aromatic heterocycles. The molecule has 0 saturated carbocycles. The van der Waals surface area contributed by atoms with Crippen molar-refractivity contribution in [2.24, 2.45) is 0 Å². The Hall–Kier alpha value is -0.300. The molecule has 0 N–H and O–H groups in total. The third-order valence-electron chi connectivity index (χ3n) is 1.91. The van der Waals surface area contributed by atoms with E-state index >= 15 is 0 Å². The third-order valence-corrected chi connectivity index (χ3v) is 3.17. The van der Waals surface area contributed by atoms with Crippen molar-refractivity contribution in [3.05, 3.63) is 0 Å². The molecule has 7 heteroatoms. The van der Waals surface area contributed by atoms with Crippen LogP contribution in [0.15, 0.2) is 0 Å². The Bertz CT molecular complexity index is 269. The molecule has 0 spiro atoms. The summed E-state index contributed by atoms with van der Waals surface area (Å²) in [6.45, 7) is 0.350. The summed E-state index contributed by atoms with van der Waals surface area (Å²) in [5.74, 6) is -1.13. The first-order chi connectivity index (χ1) is 7.43. The second-order valence-electron chi connectivity index (χ2n) is 3.44. The molecule has 0 aromatic carbocycles. The molecule has 0 bridgehead atoms. The van der Waals surface area contributed by atoms with E-state index in [-0.39, 0.29) is 6.61 Å². The molecule has 2 atom stereocenters. The van der Waals surface area contributed by atoms with Gasteiger partial charge < -0.3 is 0 Å². The van der Waals surface area contributed by atoms with Crippen molar-refractivity contribution in [2.75, 3.05) is 19.0 Å². The molecule has 0 heterocycles. The van der Waals surface area contributed by atoms with Gasteiger partial charge in [0.25, 0.3) is 10.1 Å². The monoisotopic (exact) mass is 262 g/mol. The number of hydrogen-bond acceptors (Lipinski definition) is 3. The molecule has 98 valence electrons. The second kappa shape index (κ2) is 7.89. The first-order valence-corrected chi connectivity index (χ1v) is 6.72. The Morgan fingerprint density at radius 2 is 1.81 bits per heavy atom. The number of unbranched alkanes of at least 4 members (excludes halogenated alkanes) is 2. The maximum Gasteiger partial charge on any atom is 0.270 e. The van der Waals surface area contributed by atoms with E-state index in [1.165, 1.54) is 0 Å². The van der Waals surface area contributed by atoms with Gasteiger partial charge in [-0.15, -0.1) is 0 Å². The molecule has 2 unspecified atom stereocenters. The molecule has 0 radical (unpaired) electrons. The van der Waals surface area contributed by atoms with E-state index in [0.29, 0.717) is 6.42 Å². The van der Waals surface area contributed by atoms with E-state index in [1.54, 1.807) is 0 Å².